The van der Waals surface area contributed by atoms with Crippen molar-refractivity contribution in [1.29, 1.82) is 0 Å². The van der Waals surface area contributed by atoms with Gasteiger partial charge in [-0.2, -0.15) is 15.0 Å². The average molecular weight is 368 g/mol. The monoisotopic (exact) mass is 368 g/mol. The van der Waals surface area contributed by atoms with Crippen molar-refractivity contribution in [3.05, 3.63) is 71.5 Å². The van der Waals surface area contributed by atoms with Gasteiger partial charge in [0.2, 0.25) is 17.8 Å². The Labute approximate surface area is 156 Å². The molecule has 0 unspecified atom stereocenters. The molecule has 140 valence electrons. The lowest BCUT2D eigenvalue weighted by Gasteiger charge is -2.11. The summed E-state index contributed by atoms with van der Waals surface area (Å²) in [6, 6.07) is 16.1. The van der Waals surface area contributed by atoms with Gasteiger partial charge in [-0.15, -0.1) is 0 Å². The van der Waals surface area contributed by atoms with Crippen LogP contribution in [0.1, 0.15) is 11.1 Å². The van der Waals surface area contributed by atoms with E-state index in [1.54, 1.807) is 12.1 Å². The minimum absolute atomic E-state index is 0.0310. The molecule has 0 atom stereocenters. The topological polar surface area (TPSA) is 95.0 Å². The van der Waals surface area contributed by atoms with Crippen LogP contribution in [0.15, 0.2) is 54.6 Å². The maximum Gasteiger partial charge on any atom is 0.229 e. The first-order valence-electron chi connectivity index (χ1n) is 8.60. The lowest BCUT2D eigenvalue weighted by molar-refractivity contribution is 0.311. The van der Waals surface area contributed by atoms with Gasteiger partial charge in [-0.25, -0.2) is 4.39 Å². The second kappa shape index (κ2) is 9.44. The summed E-state index contributed by atoms with van der Waals surface area (Å²) >= 11 is 0. The van der Waals surface area contributed by atoms with E-state index >= 15 is 0 Å². The zero-order chi connectivity index (χ0) is 18.9. The van der Waals surface area contributed by atoms with E-state index in [0.29, 0.717) is 37.5 Å². The van der Waals surface area contributed by atoms with E-state index in [9.17, 15) is 4.39 Å². The third-order valence-electron chi connectivity index (χ3n) is 3.69. The molecule has 7 nitrogen and oxygen atoms in total. The molecule has 0 aliphatic heterocycles. The van der Waals surface area contributed by atoms with Crippen LogP contribution in [0.5, 0.6) is 0 Å². The van der Waals surface area contributed by atoms with Crippen LogP contribution in [0.3, 0.4) is 0 Å². The number of nitrogens with zero attached hydrogens (tertiary/aromatic N) is 3. The number of aliphatic hydroxyl groups excluding tert-OH is 1. The van der Waals surface area contributed by atoms with Gasteiger partial charge in [0.1, 0.15) is 5.82 Å². The standard InChI is InChI=1S/C19H21FN6O/c20-16-8-6-15(7-9-16)13-23-19-25-17(21-10-11-27)24-18(26-19)22-12-14-4-2-1-3-5-14/h1-9,27H,10-13H2,(H3,21,22,23,24,25,26). The first kappa shape index (κ1) is 18.5. The number of nitrogens with one attached hydrogen (secondary N) is 3. The van der Waals surface area contributed by atoms with E-state index in [1.807, 2.05) is 30.3 Å². The van der Waals surface area contributed by atoms with E-state index < -0.39 is 0 Å². The van der Waals surface area contributed by atoms with Crippen molar-refractivity contribution in [1.82, 2.24) is 15.0 Å². The van der Waals surface area contributed by atoms with E-state index in [2.05, 4.69) is 30.9 Å². The van der Waals surface area contributed by atoms with Crippen LogP contribution in [-0.4, -0.2) is 33.2 Å². The van der Waals surface area contributed by atoms with Crippen molar-refractivity contribution in [2.24, 2.45) is 0 Å². The summed E-state index contributed by atoms with van der Waals surface area (Å²) in [4.78, 5) is 13.0. The summed E-state index contributed by atoms with van der Waals surface area (Å²) in [7, 11) is 0. The number of aromatic nitrogens is 3. The van der Waals surface area contributed by atoms with Crippen molar-refractivity contribution < 1.29 is 9.50 Å². The molecule has 8 heteroatoms. The Hall–Kier alpha value is -3.26. The summed E-state index contributed by atoms with van der Waals surface area (Å²) in [5.74, 6) is 0.874. The molecular formula is C19H21FN6O. The van der Waals surface area contributed by atoms with Crippen LogP contribution >= 0.6 is 0 Å². The summed E-state index contributed by atoms with van der Waals surface area (Å²) in [6.07, 6.45) is 0. The Morgan fingerprint density at radius 2 is 1.22 bits per heavy atom. The Bertz CT molecular complexity index is 845. The molecule has 0 fully saturated rings. The van der Waals surface area contributed by atoms with Gasteiger partial charge in [-0.05, 0) is 23.3 Å². The van der Waals surface area contributed by atoms with Gasteiger partial charge in [0.15, 0.2) is 0 Å². The minimum Gasteiger partial charge on any atom is -0.395 e. The van der Waals surface area contributed by atoms with Crippen LogP contribution in [0.25, 0.3) is 0 Å². The normalized spacial score (nSPS) is 10.4. The molecule has 2 aromatic carbocycles. The molecule has 1 aromatic heterocycles. The van der Waals surface area contributed by atoms with Crippen molar-refractivity contribution in [3.63, 3.8) is 0 Å². The highest BCUT2D eigenvalue weighted by molar-refractivity contribution is 5.43. The third kappa shape index (κ3) is 5.89. The molecule has 0 bridgehead atoms. The highest BCUT2D eigenvalue weighted by Crippen LogP contribution is 2.12. The predicted molar refractivity (Wildman–Crippen MR) is 103 cm³/mol. The van der Waals surface area contributed by atoms with Gasteiger partial charge < -0.3 is 21.1 Å². The van der Waals surface area contributed by atoms with Gasteiger partial charge in [0.25, 0.3) is 0 Å². The van der Waals surface area contributed by atoms with E-state index in [1.165, 1.54) is 12.1 Å². The zero-order valence-corrected chi connectivity index (χ0v) is 14.7. The van der Waals surface area contributed by atoms with Crippen LogP contribution in [0, 0.1) is 5.82 Å². The Kier molecular flexibility index (Phi) is 6.48. The SMILES string of the molecule is OCCNc1nc(NCc2ccccc2)nc(NCc2ccc(F)cc2)n1. The number of halogens is 1. The molecular weight excluding hydrogens is 347 g/mol. The quantitative estimate of drug-likeness (QED) is 0.461. The molecule has 27 heavy (non-hydrogen) atoms. The largest absolute Gasteiger partial charge is 0.395 e. The zero-order valence-electron chi connectivity index (χ0n) is 14.7. The van der Waals surface area contributed by atoms with Crippen molar-refractivity contribution >= 4 is 17.8 Å². The number of rotatable bonds is 9. The first-order chi connectivity index (χ1) is 13.2. The van der Waals surface area contributed by atoms with Crippen molar-refractivity contribution in [2.75, 3.05) is 29.1 Å². The molecule has 1 heterocycles. The number of aliphatic hydroxyl groups is 1. The Balaban J connectivity index is 1.70. The number of hydrogen-bond acceptors (Lipinski definition) is 7. The van der Waals surface area contributed by atoms with E-state index in [-0.39, 0.29) is 12.4 Å². The van der Waals surface area contributed by atoms with Crippen LogP contribution in [0.4, 0.5) is 22.2 Å². The maximum absolute atomic E-state index is 13.0. The Morgan fingerprint density at radius 1 is 0.704 bits per heavy atom. The fraction of sp³-hybridized carbons (Fsp3) is 0.211. The second-order valence-corrected chi connectivity index (χ2v) is 5.78. The lowest BCUT2D eigenvalue weighted by atomic mass is 10.2. The van der Waals surface area contributed by atoms with E-state index in [4.69, 9.17) is 5.11 Å². The molecule has 0 saturated heterocycles. The van der Waals surface area contributed by atoms with Crippen molar-refractivity contribution in [3.8, 4) is 0 Å². The van der Waals surface area contributed by atoms with Crippen molar-refractivity contribution in [2.45, 2.75) is 13.1 Å². The summed E-state index contributed by atoms with van der Waals surface area (Å²) in [5.41, 5.74) is 2.00. The molecule has 0 radical (unpaired) electrons. The lowest BCUT2D eigenvalue weighted by Crippen LogP contribution is -2.14. The first-order valence-corrected chi connectivity index (χ1v) is 8.60. The average Bonchev–Trinajstić information content (AvgIpc) is 2.71. The van der Waals surface area contributed by atoms with Gasteiger partial charge in [-0.1, -0.05) is 42.5 Å². The highest BCUT2D eigenvalue weighted by atomic mass is 19.1. The van der Waals surface area contributed by atoms with Crippen LogP contribution in [-0.2, 0) is 13.1 Å². The number of anilines is 3. The van der Waals surface area contributed by atoms with Gasteiger partial charge in [0.05, 0.1) is 6.61 Å². The summed E-state index contributed by atoms with van der Waals surface area (Å²) in [5, 5.41) is 18.2. The van der Waals surface area contributed by atoms with Gasteiger partial charge in [-0.3, -0.25) is 0 Å². The molecule has 0 aliphatic carbocycles. The maximum atomic E-state index is 13.0. The van der Waals surface area contributed by atoms with Gasteiger partial charge >= 0.3 is 0 Å². The fourth-order valence-corrected chi connectivity index (χ4v) is 2.34. The van der Waals surface area contributed by atoms with Gasteiger partial charge in [0, 0.05) is 19.6 Å². The number of benzene rings is 2. The summed E-state index contributed by atoms with van der Waals surface area (Å²) < 4.78 is 13.0. The molecule has 0 saturated carbocycles. The fourth-order valence-electron chi connectivity index (χ4n) is 2.34. The molecule has 0 amide bonds. The number of hydrogen-bond donors (Lipinski definition) is 4. The van der Waals surface area contributed by atoms with E-state index in [0.717, 1.165) is 11.1 Å². The smallest absolute Gasteiger partial charge is 0.229 e. The molecule has 4 N–H and O–H groups in total. The van der Waals surface area contributed by atoms with Crippen LogP contribution < -0.4 is 16.0 Å². The third-order valence-corrected chi connectivity index (χ3v) is 3.69. The van der Waals surface area contributed by atoms with Crippen LogP contribution in [0.2, 0.25) is 0 Å². The molecule has 0 spiro atoms. The summed E-state index contributed by atoms with van der Waals surface area (Å²) in [6.45, 7) is 1.32. The minimum atomic E-state index is -0.276. The Morgan fingerprint density at radius 3 is 1.78 bits per heavy atom. The predicted octanol–water partition coefficient (Wildman–Crippen LogP) is 2.64. The highest BCUT2D eigenvalue weighted by Gasteiger charge is 2.07. The second-order valence-electron chi connectivity index (χ2n) is 5.78. The molecule has 3 rings (SSSR count). The molecule has 3 aromatic rings. The molecule has 0 aliphatic rings.